The lowest BCUT2D eigenvalue weighted by atomic mass is 10.0. The second kappa shape index (κ2) is 7.27. The molecule has 0 saturated carbocycles. The molecule has 0 amide bonds. The minimum atomic E-state index is -0.609. The Labute approximate surface area is 170 Å². The van der Waals surface area contributed by atoms with E-state index in [-0.39, 0.29) is 0 Å². The summed E-state index contributed by atoms with van der Waals surface area (Å²) >= 11 is 0. The number of nitrogens with zero attached hydrogens (tertiary/aromatic N) is 4. The van der Waals surface area contributed by atoms with Crippen LogP contribution in [0.5, 0.6) is 0 Å². The van der Waals surface area contributed by atoms with Crippen molar-refractivity contribution in [3.05, 3.63) is 71.7 Å². The maximum Gasteiger partial charge on any atom is 0.223 e. The molecule has 3 N–H and O–H groups in total. The highest BCUT2D eigenvalue weighted by atomic mass is 19.1. The maximum absolute atomic E-state index is 14.0. The first-order valence-corrected chi connectivity index (χ1v) is 9.40. The van der Waals surface area contributed by atoms with E-state index < -0.39 is 17.7 Å². The van der Waals surface area contributed by atoms with Gasteiger partial charge >= 0.3 is 0 Å². The summed E-state index contributed by atoms with van der Waals surface area (Å²) in [6.45, 7) is 2.41. The molecule has 0 saturated heterocycles. The average molecular weight is 405 g/mol. The zero-order chi connectivity index (χ0) is 20.7. The number of hydrazine groups is 1. The van der Waals surface area contributed by atoms with Crippen molar-refractivity contribution in [2.24, 2.45) is 0 Å². The Morgan fingerprint density at radius 3 is 2.83 bits per heavy atom. The van der Waals surface area contributed by atoms with Crippen LogP contribution in [0.3, 0.4) is 0 Å². The summed E-state index contributed by atoms with van der Waals surface area (Å²) in [5, 5.41) is 3.92. The summed E-state index contributed by atoms with van der Waals surface area (Å²) in [4.78, 5) is 17.5. The first kappa shape index (κ1) is 18.3. The van der Waals surface area contributed by atoms with E-state index in [1.54, 1.807) is 13.1 Å². The molecule has 1 atom stereocenters. The van der Waals surface area contributed by atoms with Crippen LogP contribution in [0.2, 0.25) is 0 Å². The van der Waals surface area contributed by atoms with Gasteiger partial charge in [0.25, 0.3) is 0 Å². The average Bonchev–Trinajstić information content (AvgIpc) is 3.22. The monoisotopic (exact) mass is 405 g/mol. The van der Waals surface area contributed by atoms with Gasteiger partial charge in [-0.15, -0.1) is 0 Å². The zero-order valence-corrected chi connectivity index (χ0v) is 15.9. The van der Waals surface area contributed by atoms with Gasteiger partial charge in [-0.25, -0.2) is 34.1 Å². The number of nitrogens with one attached hydrogen (secondary N) is 3. The van der Waals surface area contributed by atoms with Crippen LogP contribution in [0.25, 0.3) is 22.2 Å². The first-order chi connectivity index (χ1) is 14.6. The summed E-state index contributed by atoms with van der Waals surface area (Å²) in [6, 6.07) is 8.90. The van der Waals surface area contributed by atoms with Crippen LogP contribution < -0.4 is 16.2 Å². The van der Waals surface area contributed by atoms with E-state index in [1.807, 2.05) is 18.2 Å². The molecule has 30 heavy (non-hydrogen) atoms. The van der Waals surface area contributed by atoms with Gasteiger partial charge in [0.2, 0.25) is 5.95 Å². The summed E-state index contributed by atoms with van der Waals surface area (Å²) in [6.07, 6.45) is 3.23. The highest BCUT2D eigenvalue weighted by Crippen LogP contribution is 2.30. The summed E-state index contributed by atoms with van der Waals surface area (Å²) in [5.74, 6) is -0.0791. The maximum atomic E-state index is 14.0. The van der Waals surface area contributed by atoms with Gasteiger partial charge in [0.05, 0.1) is 17.3 Å². The van der Waals surface area contributed by atoms with Crippen molar-refractivity contribution in [2.45, 2.75) is 19.5 Å². The number of anilines is 2. The van der Waals surface area contributed by atoms with Gasteiger partial charge < -0.3 is 10.7 Å². The molecular formula is C21H17F2N7. The fourth-order valence-electron chi connectivity index (χ4n) is 3.53. The SMILES string of the molecule is C[C@@H](Nc1ncc2cc(-c3ncnc4c3CNN4)ccc2n1)c1ccc(F)cc1F. The van der Waals surface area contributed by atoms with Gasteiger partial charge in [0.15, 0.2) is 0 Å². The quantitative estimate of drug-likeness (QED) is 0.474. The van der Waals surface area contributed by atoms with E-state index >= 15 is 0 Å². The van der Waals surface area contributed by atoms with E-state index in [9.17, 15) is 8.78 Å². The Balaban J connectivity index is 1.43. The molecule has 0 aliphatic carbocycles. The minimum Gasteiger partial charge on any atom is -0.348 e. The molecule has 0 spiro atoms. The van der Waals surface area contributed by atoms with E-state index in [0.717, 1.165) is 39.6 Å². The first-order valence-electron chi connectivity index (χ1n) is 9.40. The van der Waals surface area contributed by atoms with Gasteiger partial charge in [-0.3, -0.25) is 0 Å². The number of benzene rings is 2. The number of halogens is 2. The van der Waals surface area contributed by atoms with E-state index in [4.69, 9.17) is 0 Å². The van der Waals surface area contributed by atoms with Crippen molar-refractivity contribution in [1.82, 2.24) is 25.4 Å². The van der Waals surface area contributed by atoms with Crippen LogP contribution in [0, 0.1) is 11.6 Å². The van der Waals surface area contributed by atoms with Crippen molar-refractivity contribution in [3.8, 4) is 11.3 Å². The Morgan fingerprint density at radius 2 is 1.97 bits per heavy atom. The van der Waals surface area contributed by atoms with E-state index in [1.165, 1.54) is 18.5 Å². The molecule has 0 fully saturated rings. The summed E-state index contributed by atoms with van der Waals surface area (Å²) in [7, 11) is 0. The highest BCUT2D eigenvalue weighted by molar-refractivity contribution is 5.85. The van der Waals surface area contributed by atoms with Crippen molar-refractivity contribution in [1.29, 1.82) is 0 Å². The fourth-order valence-corrected chi connectivity index (χ4v) is 3.53. The van der Waals surface area contributed by atoms with E-state index in [0.29, 0.717) is 18.1 Å². The van der Waals surface area contributed by atoms with Gasteiger partial charge in [-0.1, -0.05) is 12.1 Å². The summed E-state index contributed by atoms with van der Waals surface area (Å²) < 4.78 is 27.2. The molecule has 1 aliphatic heterocycles. The van der Waals surface area contributed by atoms with Crippen LogP contribution in [0.4, 0.5) is 20.5 Å². The predicted octanol–water partition coefficient (Wildman–Crippen LogP) is 3.97. The van der Waals surface area contributed by atoms with Crippen LogP contribution in [-0.4, -0.2) is 19.9 Å². The van der Waals surface area contributed by atoms with Crippen LogP contribution in [-0.2, 0) is 6.54 Å². The Kier molecular flexibility index (Phi) is 4.44. The van der Waals surface area contributed by atoms with Crippen LogP contribution in [0.15, 0.2) is 48.9 Å². The number of rotatable bonds is 4. The largest absolute Gasteiger partial charge is 0.348 e. The molecule has 5 rings (SSSR count). The fraction of sp³-hybridized carbons (Fsp3) is 0.143. The summed E-state index contributed by atoms with van der Waals surface area (Å²) in [5.41, 5.74) is 9.94. The molecule has 0 unspecified atom stereocenters. The predicted molar refractivity (Wildman–Crippen MR) is 109 cm³/mol. The lowest BCUT2D eigenvalue weighted by Gasteiger charge is -2.15. The van der Waals surface area contributed by atoms with Crippen molar-refractivity contribution >= 4 is 22.7 Å². The van der Waals surface area contributed by atoms with Crippen molar-refractivity contribution in [3.63, 3.8) is 0 Å². The smallest absolute Gasteiger partial charge is 0.223 e. The Bertz CT molecular complexity index is 1260. The topological polar surface area (TPSA) is 87.7 Å². The Hall–Kier alpha value is -3.72. The molecule has 0 radical (unpaired) electrons. The molecular weight excluding hydrogens is 388 g/mol. The number of hydrogen-bond donors (Lipinski definition) is 3. The molecule has 150 valence electrons. The number of aromatic nitrogens is 4. The molecule has 9 heteroatoms. The molecule has 0 bridgehead atoms. The van der Waals surface area contributed by atoms with Crippen LogP contribution in [0.1, 0.15) is 24.1 Å². The van der Waals surface area contributed by atoms with E-state index in [2.05, 4.69) is 36.1 Å². The van der Waals surface area contributed by atoms with Gasteiger partial charge in [0, 0.05) is 40.9 Å². The molecule has 2 aromatic carbocycles. The standard InChI is InChI=1S/C21H17F2N7/c1-11(15-4-3-14(22)7-17(15)23)28-21-24-8-13-6-12(2-5-18(13)29-21)19-16-9-27-30-20(16)26-10-25-19/h2-8,10-11,27H,9H2,1H3,(H,24,28,29)(H,25,26,30)/t11-/m1/s1. The molecule has 4 aromatic rings. The second-order valence-electron chi connectivity index (χ2n) is 7.03. The number of fused-ring (bicyclic) bond motifs is 2. The highest BCUT2D eigenvalue weighted by Gasteiger charge is 2.18. The van der Waals surface area contributed by atoms with Gasteiger partial charge in [-0.2, -0.15) is 0 Å². The Morgan fingerprint density at radius 1 is 1.07 bits per heavy atom. The number of hydrogen-bond acceptors (Lipinski definition) is 7. The molecule has 1 aliphatic rings. The van der Waals surface area contributed by atoms with Crippen molar-refractivity contribution in [2.75, 3.05) is 10.7 Å². The van der Waals surface area contributed by atoms with Gasteiger partial charge in [-0.05, 0) is 25.1 Å². The van der Waals surface area contributed by atoms with Crippen molar-refractivity contribution < 1.29 is 8.78 Å². The van der Waals surface area contributed by atoms with Crippen LogP contribution >= 0.6 is 0 Å². The molecule has 3 heterocycles. The minimum absolute atomic E-state index is 0.343. The lowest BCUT2D eigenvalue weighted by Crippen LogP contribution is -2.11. The second-order valence-corrected chi connectivity index (χ2v) is 7.03. The molecule has 7 nitrogen and oxygen atoms in total. The zero-order valence-electron chi connectivity index (χ0n) is 15.9. The van der Waals surface area contributed by atoms with Gasteiger partial charge in [0.1, 0.15) is 23.8 Å². The third kappa shape index (κ3) is 3.29. The lowest BCUT2D eigenvalue weighted by molar-refractivity contribution is 0.566. The normalized spacial score (nSPS) is 13.7. The third-order valence-corrected chi connectivity index (χ3v) is 5.05. The third-order valence-electron chi connectivity index (χ3n) is 5.05. The molecule has 2 aromatic heterocycles.